The average Bonchev–Trinajstić information content (AvgIpc) is 2.81. The zero-order valence-corrected chi connectivity index (χ0v) is 9.83. The van der Waals surface area contributed by atoms with Crippen molar-refractivity contribution in [1.82, 2.24) is 15.6 Å². The van der Waals surface area contributed by atoms with Gasteiger partial charge in [0.15, 0.2) is 0 Å². The van der Waals surface area contributed by atoms with E-state index in [1.165, 1.54) is 0 Å². The van der Waals surface area contributed by atoms with Crippen LogP contribution in [-0.2, 0) is 4.79 Å². The van der Waals surface area contributed by atoms with Crippen molar-refractivity contribution in [3.05, 3.63) is 0 Å². The summed E-state index contributed by atoms with van der Waals surface area (Å²) in [6.07, 6.45) is 2.71. The minimum Gasteiger partial charge on any atom is -0.356 e. The van der Waals surface area contributed by atoms with Crippen LogP contribution in [0.3, 0.4) is 0 Å². The number of likely N-dealkylation sites (tertiary alicyclic amines) is 1. The summed E-state index contributed by atoms with van der Waals surface area (Å²) in [5, 5.41) is 2.96. The molecular formula is C10H21N5O. The summed E-state index contributed by atoms with van der Waals surface area (Å²) < 4.78 is 0. The average molecular weight is 227 g/mol. The van der Waals surface area contributed by atoms with E-state index >= 15 is 0 Å². The molecule has 0 aromatic heterocycles. The van der Waals surface area contributed by atoms with Crippen LogP contribution in [0.15, 0.2) is 4.99 Å². The number of carbonyl (C=O) groups is 1. The van der Waals surface area contributed by atoms with E-state index in [-0.39, 0.29) is 5.91 Å². The summed E-state index contributed by atoms with van der Waals surface area (Å²) in [6, 6.07) is 0. The number of aliphatic imine (C=N–C) groups is 1. The molecule has 1 rings (SSSR count). The van der Waals surface area contributed by atoms with Gasteiger partial charge in [0.05, 0.1) is 6.54 Å². The van der Waals surface area contributed by atoms with Gasteiger partial charge in [-0.1, -0.05) is 0 Å². The highest BCUT2D eigenvalue weighted by atomic mass is 16.2. The second-order valence-corrected chi connectivity index (χ2v) is 3.74. The molecule has 16 heavy (non-hydrogen) atoms. The highest BCUT2D eigenvalue weighted by molar-refractivity contribution is 5.80. The number of hydrogen-bond donors (Lipinski definition) is 3. The lowest BCUT2D eigenvalue weighted by Gasteiger charge is -2.14. The number of hydrogen-bond acceptors (Lipinski definition) is 3. The standard InChI is InChI=1S/C10H21N5O/c1-2-12-10(14-11)13-6-5-9(16)15-7-3-4-8-15/h2-8,11H2,1H3,(H2,12,13,14). The Morgan fingerprint density at radius 2 is 2.12 bits per heavy atom. The molecule has 0 aliphatic carbocycles. The molecule has 1 aliphatic rings. The maximum atomic E-state index is 11.7. The molecule has 0 aromatic rings. The molecular weight excluding hydrogens is 206 g/mol. The maximum Gasteiger partial charge on any atom is 0.224 e. The summed E-state index contributed by atoms with van der Waals surface area (Å²) in [6.45, 7) is 4.99. The molecule has 6 heteroatoms. The van der Waals surface area contributed by atoms with Gasteiger partial charge in [0.2, 0.25) is 11.9 Å². The summed E-state index contributed by atoms with van der Waals surface area (Å²) in [5.41, 5.74) is 2.46. The summed E-state index contributed by atoms with van der Waals surface area (Å²) >= 11 is 0. The van der Waals surface area contributed by atoms with E-state index in [0.29, 0.717) is 18.9 Å². The van der Waals surface area contributed by atoms with E-state index in [1.807, 2.05) is 11.8 Å². The van der Waals surface area contributed by atoms with Gasteiger partial charge in [0.25, 0.3) is 0 Å². The van der Waals surface area contributed by atoms with Gasteiger partial charge in [-0.15, -0.1) is 0 Å². The number of amides is 1. The Bertz CT molecular complexity index is 248. The first-order valence-corrected chi connectivity index (χ1v) is 5.80. The van der Waals surface area contributed by atoms with E-state index < -0.39 is 0 Å². The minimum absolute atomic E-state index is 0.189. The Kier molecular flexibility index (Phi) is 5.63. The third-order valence-corrected chi connectivity index (χ3v) is 2.54. The van der Waals surface area contributed by atoms with Gasteiger partial charge in [0, 0.05) is 26.1 Å². The molecule has 1 fully saturated rings. The molecule has 0 unspecified atom stereocenters. The van der Waals surface area contributed by atoms with Crippen LogP contribution in [-0.4, -0.2) is 42.9 Å². The molecule has 0 bridgehead atoms. The zero-order valence-electron chi connectivity index (χ0n) is 9.83. The van der Waals surface area contributed by atoms with Gasteiger partial charge in [-0.25, -0.2) is 5.84 Å². The molecule has 1 heterocycles. The topological polar surface area (TPSA) is 82.8 Å². The van der Waals surface area contributed by atoms with Gasteiger partial charge < -0.3 is 10.2 Å². The smallest absolute Gasteiger partial charge is 0.224 e. The molecule has 6 nitrogen and oxygen atoms in total. The van der Waals surface area contributed by atoms with Crippen LogP contribution < -0.4 is 16.6 Å². The highest BCUT2D eigenvalue weighted by Crippen LogP contribution is 2.08. The van der Waals surface area contributed by atoms with Crippen molar-refractivity contribution in [3.63, 3.8) is 0 Å². The molecule has 92 valence electrons. The number of nitrogens with zero attached hydrogens (tertiary/aromatic N) is 2. The van der Waals surface area contributed by atoms with Crippen LogP contribution in [0.2, 0.25) is 0 Å². The van der Waals surface area contributed by atoms with E-state index in [9.17, 15) is 4.79 Å². The van der Waals surface area contributed by atoms with Crippen molar-refractivity contribution < 1.29 is 4.79 Å². The number of rotatable bonds is 4. The van der Waals surface area contributed by atoms with Crippen molar-refractivity contribution in [1.29, 1.82) is 0 Å². The lowest BCUT2D eigenvalue weighted by atomic mass is 10.4. The first-order valence-electron chi connectivity index (χ1n) is 5.80. The van der Waals surface area contributed by atoms with Crippen LogP contribution in [0.1, 0.15) is 26.2 Å². The first kappa shape index (κ1) is 12.8. The third kappa shape index (κ3) is 4.06. The Balaban J connectivity index is 2.24. The predicted molar refractivity (Wildman–Crippen MR) is 63.7 cm³/mol. The minimum atomic E-state index is 0.189. The maximum absolute atomic E-state index is 11.7. The molecule has 0 atom stereocenters. The summed E-state index contributed by atoms with van der Waals surface area (Å²) in [4.78, 5) is 17.7. The zero-order chi connectivity index (χ0) is 11.8. The van der Waals surface area contributed by atoms with Crippen molar-refractivity contribution in [2.45, 2.75) is 26.2 Å². The van der Waals surface area contributed by atoms with Crippen LogP contribution in [0.5, 0.6) is 0 Å². The lowest BCUT2D eigenvalue weighted by molar-refractivity contribution is -0.129. The number of carbonyl (C=O) groups excluding carboxylic acids is 1. The Hall–Kier alpha value is -1.30. The van der Waals surface area contributed by atoms with Crippen LogP contribution >= 0.6 is 0 Å². The first-order chi connectivity index (χ1) is 7.77. The van der Waals surface area contributed by atoms with E-state index in [1.54, 1.807) is 0 Å². The molecule has 0 spiro atoms. The van der Waals surface area contributed by atoms with Gasteiger partial charge >= 0.3 is 0 Å². The molecule has 0 saturated carbocycles. The molecule has 0 radical (unpaired) electrons. The fourth-order valence-corrected chi connectivity index (χ4v) is 1.71. The lowest BCUT2D eigenvalue weighted by Crippen LogP contribution is -2.41. The third-order valence-electron chi connectivity index (χ3n) is 2.54. The molecule has 1 amide bonds. The number of nitrogens with two attached hydrogens (primary N) is 1. The Labute approximate surface area is 96.2 Å². The molecule has 1 saturated heterocycles. The van der Waals surface area contributed by atoms with Gasteiger partial charge in [0.1, 0.15) is 0 Å². The Morgan fingerprint density at radius 3 is 2.69 bits per heavy atom. The predicted octanol–water partition coefficient (Wildman–Crippen LogP) is -0.572. The van der Waals surface area contributed by atoms with E-state index in [2.05, 4.69) is 15.7 Å². The normalized spacial score (nSPS) is 16.4. The second-order valence-electron chi connectivity index (χ2n) is 3.74. The number of nitrogens with one attached hydrogen (secondary N) is 2. The van der Waals surface area contributed by atoms with Crippen LogP contribution in [0.25, 0.3) is 0 Å². The van der Waals surface area contributed by atoms with Gasteiger partial charge in [-0.2, -0.15) is 0 Å². The summed E-state index contributed by atoms with van der Waals surface area (Å²) in [7, 11) is 0. The van der Waals surface area contributed by atoms with Crippen molar-refractivity contribution in [2.24, 2.45) is 10.8 Å². The van der Waals surface area contributed by atoms with Crippen LogP contribution in [0, 0.1) is 0 Å². The SMILES string of the molecule is CCNC(=NCCC(=O)N1CCCC1)NN. The molecule has 1 aliphatic heterocycles. The number of hydrazine groups is 1. The largest absolute Gasteiger partial charge is 0.356 e. The quantitative estimate of drug-likeness (QED) is 0.260. The van der Waals surface area contributed by atoms with Crippen molar-refractivity contribution >= 4 is 11.9 Å². The van der Waals surface area contributed by atoms with Gasteiger partial charge in [-0.05, 0) is 19.8 Å². The van der Waals surface area contributed by atoms with Gasteiger partial charge in [-0.3, -0.25) is 15.2 Å². The van der Waals surface area contributed by atoms with Crippen molar-refractivity contribution in [3.8, 4) is 0 Å². The fraction of sp³-hybridized carbons (Fsp3) is 0.800. The monoisotopic (exact) mass is 227 g/mol. The van der Waals surface area contributed by atoms with Crippen molar-refractivity contribution in [2.75, 3.05) is 26.2 Å². The Morgan fingerprint density at radius 1 is 1.44 bits per heavy atom. The molecule has 0 aromatic carbocycles. The second kappa shape index (κ2) is 7.05. The van der Waals surface area contributed by atoms with Crippen LogP contribution in [0.4, 0.5) is 0 Å². The van der Waals surface area contributed by atoms with E-state index in [0.717, 1.165) is 32.5 Å². The molecule has 4 N–H and O–H groups in total. The highest BCUT2D eigenvalue weighted by Gasteiger charge is 2.16. The fourth-order valence-electron chi connectivity index (χ4n) is 1.71. The summed E-state index contributed by atoms with van der Waals surface area (Å²) in [5.74, 6) is 5.99. The van der Waals surface area contributed by atoms with E-state index in [4.69, 9.17) is 5.84 Å². The number of guanidine groups is 1.